The number of anilines is 3. The van der Waals surface area contributed by atoms with Crippen LogP contribution in [0.3, 0.4) is 0 Å². The molecule has 49 heavy (non-hydrogen) atoms. The molecule has 0 spiro atoms. The highest BCUT2D eigenvalue weighted by atomic mass is 16.3. The van der Waals surface area contributed by atoms with E-state index in [1.807, 2.05) is 12.1 Å². The van der Waals surface area contributed by atoms with Crippen molar-refractivity contribution in [2.24, 2.45) is 0 Å². The van der Waals surface area contributed by atoms with E-state index in [1.165, 1.54) is 17.5 Å². The summed E-state index contributed by atoms with van der Waals surface area (Å²) in [5, 5.41) is 28.1. The zero-order valence-electron chi connectivity index (χ0n) is 27.7. The van der Waals surface area contributed by atoms with Crippen molar-refractivity contribution >= 4 is 41.3 Å². The predicted octanol–water partition coefficient (Wildman–Crippen LogP) is 2.84. The van der Waals surface area contributed by atoms with Crippen LogP contribution >= 0.6 is 0 Å². The smallest absolute Gasteiger partial charge is 0.255 e. The van der Waals surface area contributed by atoms with Gasteiger partial charge in [-0.25, -0.2) is 9.97 Å². The lowest BCUT2D eigenvalue weighted by Crippen LogP contribution is -2.52. The number of amides is 3. The summed E-state index contributed by atoms with van der Waals surface area (Å²) in [7, 11) is 1.79. The summed E-state index contributed by atoms with van der Waals surface area (Å²) in [6.45, 7) is 4.47. The van der Waals surface area contributed by atoms with Crippen LogP contribution < -0.4 is 20.9 Å². The predicted molar refractivity (Wildman–Crippen MR) is 186 cm³/mol. The molecule has 3 saturated heterocycles. The number of imide groups is 1. The van der Waals surface area contributed by atoms with Crippen LogP contribution in [0.1, 0.15) is 71.3 Å². The third-order valence-electron chi connectivity index (χ3n) is 10.5. The number of carbonyl (C=O) groups excluding carboxylic acids is 3. The SMILES string of the molecule is CNc1cnc(NC2CCN(c3ccc(CN4CCC(O)(c5ccc6c(c5)CN(C5CCC(=O)NC5=O)C6=O)CC4)cc3)CC2)nc1C=N. The van der Waals surface area contributed by atoms with E-state index in [0.29, 0.717) is 43.0 Å². The van der Waals surface area contributed by atoms with Crippen molar-refractivity contribution in [2.75, 3.05) is 48.8 Å². The monoisotopic (exact) mass is 665 g/mol. The van der Waals surface area contributed by atoms with Crippen molar-refractivity contribution in [1.82, 2.24) is 25.1 Å². The summed E-state index contributed by atoms with van der Waals surface area (Å²) >= 11 is 0. The number of piperidine rings is 3. The first-order valence-corrected chi connectivity index (χ1v) is 17.1. The lowest BCUT2D eigenvalue weighted by Gasteiger charge is -2.39. The Balaban J connectivity index is 0.894. The summed E-state index contributed by atoms with van der Waals surface area (Å²) in [4.78, 5) is 52.3. The number of benzene rings is 2. The lowest BCUT2D eigenvalue weighted by atomic mass is 9.83. The van der Waals surface area contributed by atoms with E-state index < -0.39 is 17.6 Å². The van der Waals surface area contributed by atoms with E-state index in [4.69, 9.17) is 5.41 Å². The van der Waals surface area contributed by atoms with Gasteiger partial charge < -0.3 is 30.9 Å². The zero-order valence-corrected chi connectivity index (χ0v) is 27.7. The number of rotatable bonds is 9. The number of hydrogen-bond donors (Lipinski definition) is 5. The van der Waals surface area contributed by atoms with Crippen LogP contribution in [0.2, 0.25) is 0 Å². The highest BCUT2D eigenvalue weighted by Gasteiger charge is 2.41. The average Bonchev–Trinajstić information content (AvgIpc) is 3.45. The molecular weight excluding hydrogens is 622 g/mol. The molecule has 0 saturated carbocycles. The number of aromatic nitrogens is 2. The van der Waals surface area contributed by atoms with E-state index in [1.54, 1.807) is 24.2 Å². The molecule has 1 atom stereocenters. The summed E-state index contributed by atoms with van der Waals surface area (Å²) in [6, 6.07) is 14.0. The Labute approximate surface area is 285 Å². The Morgan fingerprint density at radius 2 is 1.80 bits per heavy atom. The van der Waals surface area contributed by atoms with Crippen LogP contribution in [0.25, 0.3) is 0 Å². The molecule has 5 N–H and O–H groups in total. The quantitative estimate of drug-likeness (QED) is 0.169. The molecular formula is C36H43N9O4. The van der Waals surface area contributed by atoms with Gasteiger partial charge in [-0.2, -0.15) is 0 Å². The fourth-order valence-corrected chi connectivity index (χ4v) is 7.54. The van der Waals surface area contributed by atoms with E-state index >= 15 is 0 Å². The molecule has 13 heteroatoms. The molecule has 3 fully saturated rings. The minimum absolute atomic E-state index is 0.203. The van der Waals surface area contributed by atoms with E-state index in [9.17, 15) is 19.5 Å². The van der Waals surface area contributed by atoms with Gasteiger partial charge in [0.05, 0.1) is 17.5 Å². The Kier molecular flexibility index (Phi) is 9.03. The van der Waals surface area contributed by atoms with Crippen LogP contribution in [0.15, 0.2) is 48.7 Å². The van der Waals surface area contributed by atoms with E-state index in [0.717, 1.165) is 62.4 Å². The van der Waals surface area contributed by atoms with Crippen molar-refractivity contribution < 1.29 is 19.5 Å². The fraction of sp³-hybridized carbons (Fsp3) is 0.444. The molecule has 3 amide bonds. The number of fused-ring (bicyclic) bond motifs is 1. The maximum atomic E-state index is 13.1. The second kappa shape index (κ2) is 13.6. The molecule has 1 unspecified atom stereocenters. The van der Waals surface area contributed by atoms with Crippen LogP contribution in [0, 0.1) is 5.41 Å². The summed E-state index contributed by atoms with van der Waals surface area (Å²) in [5.41, 5.74) is 4.95. The number of aliphatic hydroxyl groups is 1. The fourth-order valence-electron chi connectivity index (χ4n) is 7.54. The molecule has 4 aliphatic rings. The third kappa shape index (κ3) is 6.73. The first-order valence-electron chi connectivity index (χ1n) is 17.1. The average molecular weight is 666 g/mol. The standard InChI is InChI=1S/C36H43N9O4/c1-38-30-20-39-35(41-29(30)19-37)40-26-10-14-44(15-11-26)27-5-2-23(3-6-27)21-43-16-12-36(49,13-17-43)25-4-7-28-24(18-25)22-45(34(28)48)31-8-9-32(46)42-33(31)47/h2-7,18-20,26,31,37-38,49H,8-17,21-22H2,1H3,(H,39,40,41)(H,42,46,47). The molecule has 256 valence electrons. The zero-order chi connectivity index (χ0) is 34.1. The molecule has 4 aliphatic heterocycles. The maximum Gasteiger partial charge on any atom is 0.255 e. The molecule has 7 rings (SSSR count). The maximum absolute atomic E-state index is 13.1. The van der Waals surface area contributed by atoms with Gasteiger partial charge in [0.25, 0.3) is 5.91 Å². The third-order valence-corrected chi connectivity index (χ3v) is 10.5. The van der Waals surface area contributed by atoms with Crippen molar-refractivity contribution in [1.29, 1.82) is 5.41 Å². The van der Waals surface area contributed by atoms with E-state index in [2.05, 4.69) is 60.0 Å². The van der Waals surface area contributed by atoms with Crippen molar-refractivity contribution in [3.63, 3.8) is 0 Å². The molecule has 13 nitrogen and oxygen atoms in total. The molecule has 0 radical (unpaired) electrons. The van der Waals surface area contributed by atoms with Gasteiger partial charge in [-0.05, 0) is 67.0 Å². The van der Waals surface area contributed by atoms with Crippen LogP contribution in [-0.2, 0) is 28.3 Å². The molecule has 0 bridgehead atoms. The van der Waals surface area contributed by atoms with Gasteiger partial charge >= 0.3 is 0 Å². The van der Waals surface area contributed by atoms with Gasteiger partial charge in [-0.3, -0.25) is 24.6 Å². The second-order valence-corrected chi connectivity index (χ2v) is 13.5. The van der Waals surface area contributed by atoms with Crippen molar-refractivity contribution in [3.05, 3.63) is 76.6 Å². The topological polar surface area (TPSA) is 167 Å². The second-order valence-electron chi connectivity index (χ2n) is 13.5. The van der Waals surface area contributed by atoms with Crippen LogP contribution in [0.5, 0.6) is 0 Å². The first-order chi connectivity index (χ1) is 23.7. The number of carbonyl (C=O) groups is 3. The van der Waals surface area contributed by atoms with Gasteiger partial charge in [0.2, 0.25) is 17.8 Å². The number of nitrogens with one attached hydrogen (secondary N) is 4. The Morgan fingerprint density at radius 3 is 2.49 bits per heavy atom. The molecule has 2 aromatic carbocycles. The highest BCUT2D eigenvalue weighted by Crippen LogP contribution is 2.37. The minimum Gasteiger partial charge on any atom is -0.385 e. The van der Waals surface area contributed by atoms with E-state index in [-0.39, 0.29) is 24.3 Å². The molecule has 1 aromatic heterocycles. The van der Waals surface area contributed by atoms with Crippen LogP contribution in [-0.4, -0.2) is 94.1 Å². The minimum atomic E-state index is -0.980. The van der Waals surface area contributed by atoms with Crippen LogP contribution in [0.4, 0.5) is 17.3 Å². The molecule has 3 aromatic rings. The van der Waals surface area contributed by atoms with Gasteiger partial charge in [-0.1, -0.05) is 24.3 Å². The Bertz CT molecular complexity index is 1750. The first kappa shape index (κ1) is 32.7. The number of nitrogens with zero attached hydrogens (tertiary/aromatic N) is 5. The largest absolute Gasteiger partial charge is 0.385 e. The number of hydrogen-bond acceptors (Lipinski definition) is 11. The normalized spacial score (nSPS) is 21.3. The molecule has 0 aliphatic carbocycles. The van der Waals surface area contributed by atoms with Gasteiger partial charge in [0, 0.05) is 76.2 Å². The van der Waals surface area contributed by atoms with Crippen molar-refractivity contribution in [2.45, 2.75) is 69.3 Å². The summed E-state index contributed by atoms with van der Waals surface area (Å²) in [5.74, 6) is -0.374. The van der Waals surface area contributed by atoms with Crippen molar-refractivity contribution in [3.8, 4) is 0 Å². The van der Waals surface area contributed by atoms with Gasteiger partial charge in [-0.15, -0.1) is 0 Å². The lowest BCUT2D eigenvalue weighted by molar-refractivity contribution is -0.136. The molecule has 5 heterocycles. The highest BCUT2D eigenvalue weighted by molar-refractivity contribution is 6.05. The van der Waals surface area contributed by atoms with Gasteiger partial charge in [0.1, 0.15) is 11.7 Å². The Hall–Kier alpha value is -4.88. The number of likely N-dealkylation sites (tertiary alicyclic amines) is 1. The summed E-state index contributed by atoms with van der Waals surface area (Å²) < 4.78 is 0. The van der Waals surface area contributed by atoms with Gasteiger partial charge in [0.15, 0.2) is 0 Å². The Morgan fingerprint density at radius 1 is 1.04 bits per heavy atom. The summed E-state index contributed by atoms with van der Waals surface area (Å²) in [6.07, 6.45) is 6.60.